The number of carbonyl (C=O) groups is 2. The van der Waals surface area contributed by atoms with Gasteiger partial charge in [0.2, 0.25) is 11.7 Å². The van der Waals surface area contributed by atoms with Crippen LogP contribution in [0.1, 0.15) is 45.8 Å². The monoisotopic (exact) mass is 449 g/mol. The summed E-state index contributed by atoms with van der Waals surface area (Å²) in [4.78, 5) is 35.9. The quantitative estimate of drug-likeness (QED) is 0.441. The first kappa shape index (κ1) is 23.4. The smallest absolute Gasteiger partial charge is 0.306 e. The molecular weight excluding hydrogens is 425 g/mol. The van der Waals surface area contributed by atoms with Crippen molar-refractivity contribution in [1.29, 1.82) is 0 Å². The van der Waals surface area contributed by atoms with Crippen LogP contribution in [0.15, 0.2) is 12.7 Å². The fourth-order valence-electron chi connectivity index (χ4n) is 3.39. The zero-order valence-electron chi connectivity index (χ0n) is 17.7. The first-order chi connectivity index (χ1) is 15.2. The molecule has 4 unspecified atom stereocenters. The van der Waals surface area contributed by atoms with Crippen molar-refractivity contribution in [2.24, 2.45) is 0 Å². The van der Waals surface area contributed by atoms with Crippen LogP contribution in [-0.2, 0) is 23.8 Å². The molecule has 0 amide bonds. The number of nitrogens with two attached hydrogens (primary N) is 1. The van der Waals surface area contributed by atoms with E-state index in [1.54, 1.807) is 13.8 Å². The molecule has 2 aromatic rings. The highest BCUT2D eigenvalue weighted by Gasteiger charge is 2.68. The van der Waals surface area contributed by atoms with Gasteiger partial charge in [-0.25, -0.2) is 19.3 Å². The maximum Gasteiger partial charge on any atom is 0.306 e. The van der Waals surface area contributed by atoms with Gasteiger partial charge < -0.3 is 25.1 Å². The van der Waals surface area contributed by atoms with Crippen molar-refractivity contribution in [2.75, 3.05) is 12.3 Å². The standard InChI is InChI=1S/C20H24FN5O6/c1-4-7-12(27)30-9-20(21)17(31-13(28)8-5-2)19(29,6-3)18(32-20)26-11-25-14-15(22)23-10-24-16(14)26/h3,10-11,17-18,29H,4-5,7-9H2,1-2H3,(H2,22,23,24). The fraction of sp³-hybridized carbons (Fsp3) is 0.550. The average molecular weight is 449 g/mol. The van der Waals surface area contributed by atoms with E-state index >= 15 is 4.39 Å². The molecule has 0 bridgehead atoms. The molecule has 1 aliphatic rings. The minimum Gasteiger partial charge on any atom is -0.459 e. The van der Waals surface area contributed by atoms with Crippen molar-refractivity contribution >= 4 is 28.9 Å². The van der Waals surface area contributed by atoms with Gasteiger partial charge in [0, 0.05) is 12.8 Å². The molecule has 1 saturated heterocycles. The van der Waals surface area contributed by atoms with E-state index in [0.29, 0.717) is 12.8 Å². The van der Waals surface area contributed by atoms with Gasteiger partial charge in [0.15, 0.2) is 24.3 Å². The highest BCUT2D eigenvalue weighted by Crippen LogP contribution is 2.48. The van der Waals surface area contributed by atoms with Crippen LogP contribution in [0.3, 0.4) is 0 Å². The number of aromatic nitrogens is 4. The predicted octanol–water partition coefficient (Wildman–Crippen LogP) is 1.02. The first-order valence-electron chi connectivity index (χ1n) is 10.0. The Morgan fingerprint density at radius 2 is 2.00 bits per heavy atom. The van der Waals surface area contributed by atoms with Gasteiger partial charge in [0.05, 0.1) is 6.33 Å². The second kappa shape index (κ2) is 9.05. The Kier molecular flexibility index (Phi) is 6.61. The van der Waals surface area contributed by atoms with E-state index in [2.05, 4.69) is 20.9 Å². The topological polar surface area (TPSA) is 152 Å². The molecule has 11 nitrogen and oxygen atoms in total. The number of terminal acetylenes is 1. The van der Waals surface area contributed by atoms with Gasteiger partial charge >= 0.3 is 11.9 Å². The van der Waals surface area contributed by atoms with Crippen molar-refractivity contribution in [1.82, 2.24) is 19.5 Å². The van der Waals surface area contributed by atoms with E-state index in [4.69, 9.17) is 26.4 Å². The molecule has 3 N–H and O–H groups in total. The van der Waals surface area contributed by atoms with Crippen molar-refractivity contribution in [2.45, 2.75) is 63.3 Å². The van der Waals surface area contributed by atoms with Crippen LogP contribution in [0.2, 0.25) is 0 Å². The third kappa shape index (κ3) is 4.09. The second-order valence-corrected chi connectivity index (χ2v) is 7.34. The number of hydrogen-bond acceptors (Lipinski definition) is 10. The maximum absolute atomic E-state index is 16.1. The van der Waals surface area contributed by atoms with Crippen molar-refractivity contribution in [3.8, 4) is 12.3 Å². The van der Waals surface area contributed by atoms with Crippen LogP contribution < -0.4 is 5.73 Å². The summed E-state index contributed by atoms with van der Waals surface area (Å²) in [6, 6.07) is 0. The number of esters is 2. The van der Waals surface area contributed by atoms with E-state index in [0.717, 1.165) is 10.9 Å². The van der Waals surface area contributed by atoms with Gasteiger partial charge in [-0.2, -0.15) is 0 Å². The molecule has 32 heavy (non-hydrogen) atoms. The summed E-state index contributed by atoms with van der Waals surface area (Å²) in [6.07, 6.45) is 5.14. The minimum absolute atomic E-state index is 0.0432. The number of fused-ring (bicyclic) bond motifs is 1. The molecule has 2 aromatic heterocycles. The summed E-state index contributed by atoms with van der Waals surface area (Å²) >= 11 is 0. The Labute approximate surface area is 183 Å². The summed E-state index contributed by atoms with van der Waals surface area (Å²) in [7, 11) is 0. The van der Waals surface area contributed by atoms with E-state index in [9.17, 15) is 14.7 Å². The van der Waals surface area contributed by atoms with Gasteiger partial charge in [-0.15, -0.1) is 6.42 Å². The van der Waals surface area contributed by atoms with Gasteiger partial charge in [-0.3, -0.25) is 14.2 Å². The van der Waals surface area contributed by atoms with Crippen LogP contribution in [-0.4, -0.2) is 60.7 Å². The molecule has 4 atom stereocenters. The van der Waals surface area contributed by atoms with E-state index < -0.39 is 42.3 Å². The van der Waals surface area contributed by atoms with Crippen molar-refractivity contribution in [3.63, 3.8) is 0 Å². The summed E-state index contributed by atoms with van der Waals surface area (Å²) in [6.45, 7) is 2.51. The number of hydrogen-bond donors (Lipinski definition) is 2. The largest absolute Gasteiger partial charge is 0.459 e. The second-order valence-electron chi connectivity index (χ2n) is 7.34. The molecule has 1 fully saturated rings. The van der Waals surface area contributed by atoms with E-state index in [1.165, 1.54) is 6.33 Å². The number of nitrogen functional groups attached to an aromatic ring is 1. The normalized spacial score (nSPS) is 27.2. The number of rotatable bonds is 8. The Morgan fingerprint density at radius 3 is 2.66 bits per heavy atom. The Balaban J connectivity index is 2.04. The predicted molar refractivity (Wildman–Crippen MR) is 108 cm³/mol. The zero-order chi connectivity index (χ0) is 23.5. The number of aliphatic hydroxyl groups is 1. The lowest BCUT2D eigenvalue weighted by molar-refractivity contribution is -0.224. The van der Waals surface area contributed by atoms with Crippen LogP contribution in [0.4, 0.5) is 10.2 Å². The zero-order valence-corrected chi connectivity index (χ0v) is 17.7. The third-order valence-electron chi connectivity index (χ3n) is 4.93. The SMILES string of the molecule is C#CC1(O)C(n2cnc3c(N)ncnc32)OC(F)(COC(=O)CCC)C1OC(=O)CCC. The van der Waals surface area contributed by atoms with Crippen LogP contribution in [0.5, 0.6) is 0 Å². The summed E-state index contributed by atoms with van der Waals surface area (Å²) < 4.78 is 32.9. The lowest BCUT2D eigenvalue weighted by atomic mass is 9.93. The number of nitrogens with zero attached hydrogens (tertiary/aromatic N) is 4. The summed E-state index contributed by atoms with van der Waals surface area (Å²) in [5, 5.41) is 11.3. The maximum atomic E-state index is 16.1. The molecule has 0 radical (unpaired) electrons. The Hall–Kier alpha value is -3.30. The molecule has 3 heterocycles. The van der Waals surface area contributed by atoms with Gasteiger partial charge in [0.25, 0.3) is 5.85 Å². The van der Waals surface area contributed by atoms with E-state index in [1.807, 2.05) is 0 Å². The van der Waals surface area contributed by atoms with Gasteiger partial charge in [0.1, 0.15) is 11.8 Å². The number of imidazole rings is 1. The molecule has 0 spiro atoms. The lowest BCUT2D eigenvalue weighted by Gasteiger charge is -2.30. The molecule has 0 aromatic carbocycles. The molecule has 12 heteroatoms. The molecule has 172 valence electrons. The first-order valence-corrected chi connectivity index (χ1v) is 10.0. The van der Waals surface area contributed by atoms with Crippen LogP contribution in [0, 0.1) is 12.3 Å². The van der Waals surface area contributed by atoms with Crippen molar-refractivity contribution < 1.29 is 33.3 Å². The molecular formula is C20H24FN5O6. The number of carbonyl (C=O) groups excluding carboxylic acids is 2. The highest BCUT2D eigenvalue weighted by atomic mass is 19.2. The summed E-state index contributed by atoms with van der Waals surface area (Å²) in [5.74, 6) is -2.33. The molecule has 3 rings (SSSR count). The lowest BCUT2D eigenvalue weighted by Crippen LogP contribution is -2.53. The number of halogens is 1. The molecule has 1 aliphatic heterocycles. The Morgan fingerprint density at radius 1 is 1.31 bits per heavy atom. The third-order valence-corrected chi connectivity index (χ3v) is 4.93. The molecule has 0 aliphatic carbocycles. The van der Waals surface area contributed by atoms with Crippen molar-refractivity contribution in [3.05, 3.63) is 12.7 Å². The van der Waals surface area contributed by atoms with Gasteiger partial charge in [-0.05, 0) is 12.8 Å². The number of alkyl halides is 1. The fourth-order valence-corrected chi connectivity index (χ4v) is 3.39. The van der Waals surface area contributed by atoms with Crippen LogP contribution in [0.25, 0.3) is 11.2 Å². The highest BCUT2D eigenvalue weighted by molar-refractivity contribution is 5.81. The van der Waals surface area contributed by atoms with E-state index in [-0.39, 0.29) is 29.8 Å². The average Bonchev–Trinajstić information content (AvgIpc) is 3.27. The summed E-state index contributed by atoms with van der Waals surface area (Å²) in [5.41, 5.74) is 3.56. The Bertz CT molecular complexity index is 1050. The number of anilines is 1. The number of ether oxygens (including phenoxy) is 3. The minimum atomic E-state index is -2.95. The van der Waals surface area contributed by atoms with Crippen LogP contribution >= 0.6 is 0 Å². The molecule has 0 saturated carbocycles. The van der Waals surface area contributed by atoms with Gasteiger partial charge in [-0.1, -0.05) is 19.8 Å².